The van der Waals surface area contributed by atoms with Gasteiger partial charge in [0.15, 0.2) is 11.5 Å². The number of benzene rings is 3. The Bertz CT molecular complexity index is 1250. The van der Waals surface area contributed by atoms with E-state index in [0.29, 0.717) is 5.75 Å². The molecule has 6 nitrogen and oxygen atoms in total. The Hall–Kier alpha value is -3.40. The Balaban J connectivity index is 1.58. The fraction of sp³-hybridized carbons (Fsp3) is 0.182. The summed E-state index contributed by atoms with van der Waals surface area (Å²) in [6, 6.07) is 16.1. The molecule has 1 N–H and O–H groups in total. The van der Waals surface area contributed by atoms with Gasteiger partial charge in [-0.1, -0.05) is 18.2 Å². The van der Waals surface area contributed by atoms with E-state index in [9.17, 15) is 21.6 Å². The third-order valence-electron chi connectivity index (χ3n) is 4.80. The summed E-state index contributed by atoms with van der Waals surface area (Å²) in [5.41, 5.74) is -0.366. The zero-order valence-electron chi connectivity index (χ0n) is 17.1. The van der Waals surface area contributed by atoms with Crippen molar-refractivity contribution >= 4 is 21.4 Å². The van der Waals surface area contributed by atoms with Gasteiger partial charge in [0, 0.05) is 31.4 Å². The lowest BCUT2D eigenvalue weighted by Gasteiger charge is -2.21. The minimum Gasteiger partial charge on any atom is -0.447 e. The van der Waals surface area contributed by atoms with E-state index >= 15 is 0 Å². The highest BCUT2D eigenvalue weighted by Crippen LogP contribution is 2.44. The molecule has 0 fully saturated rings. The van der Waals surface area contributed by atoms with E-state index in [4.69, 9.17) is 9.47 Å². The summed E-state index contributed by atoms with van der Waals surface area (Å²) in [5.74, 6) is 0.511. The Kier molecular flexibility index (Phi) is 5.41. The number of fused-ring (bicyclic) bond motifs is 1. The Morgan fingerprint density at radius 1 is 0.906 bits per heavy atom. The number of nitrogens with zero attached hydrogens (tertiary/aromatic N) is 1. The molecule has 1 aliphatic heterocycles. The molecule has 0 saturated heterocycles. The van der Waals surface area contributed by atoms with Crippen molar-refractivity contribution in [1.29, 1.82) is 0 Å². The zero-order chi connectivity index (χ0) is 23.1. The molecule has 0 bridgehead atoms. The molecular formula is C22H19F3N2O4S. The molecule has 1 atom stereocenters. The van der Waals surface area contributed by atoms with Crippen LogP contribution in [0.2, 0.25) is 0 Å². The summed E-state index contributed by atoms with van der Waals surface area (Å²) < 4.78 is 79.4. The number of alkyl halides is 3. The van der Waals surface area contributed by atoms with Gasteiger partial charge in [-0.2, -0.15) is 13.2 Å². The lowest BCUT2D eigenvalue weighted by molar-refractivity contribution is -0.137. The quantitative estimate of drug-likeness (QED) is 0.573. The predicted octanol–water partition coefficient (Wildman–Crippen LogP) is 5.04. The highest BCUT2D eigenvalue weighted by Gasteiger charge is 2.36. The van der Waals surface area contributed by atoms with Crippen molar-refractivity contribution in [2.75, 3.05) is 23.7 Å². The molecule has 10 heteroatoms. The molecule has 0 amide bonds. The Morgan fingerprint density at radius 2 is 1.59 bits per heavy atom. The first-order chi connectivity index (χ1) is 15.0. The molecule has 3 aromatic rings. The summed E-state index contributed by atoms with van der Waals surface area (Å²) in [4.78, 5) is 1.47. The first-order valence-corrected chi connectivity index (χ1v) is 11.0. The average molecular weight is 464 g/mol. The van der Waals surface area contributed by atoms with Crippen LogP contribution in [-0.2, 0) is 16.2 Å². The normalized spacial score (nSPS) is 15.5. The van der Waals surface area contributed by atoms with Crippen LogP contribution in [0.4, 0.5) is 24.5 Å². The highest BCUT2D eigenvalue weighted by molar-refractivity contribution is 7.92. The molecule has 4 rings (SSSR count). The molecule has 168 valence electrons. The van der Waals surface area contributed by atoms with Crippen LogP contribution in [0.15, 0.2) is 71.6 Å². The molecular weight excluding hydrogens is 445 g/mol. The second-order valence-electron chi connectivity index (χ2n) is 7.32. The van der Waals surface area contributed by atoms with Crippen molar-refractivity contribution in [1.82, 2.24) is 0 Å². The molecule has 0 radical (unpaired) electrons. The van der Waals surface area contributed by atoms with Crippen LogP contribution >= 0.6 is 0 Å². The third-order valence-corrected chi connectivity index (χ3v) is 6.19. The predicted molar refractivity (Wildman–Crippen MR) is 113 cm³/mol. The number of halogens is 3. The molecule has 32 heavy (non-hydrogen) atoms. The fourth-order valence-electron chi connectivity index (χ4n) is 3.28. The number of nitrogens with one attached hydrogen (secondary N) is 1. The maximum atomic E-state index is 13.5. The van der Waals surface area contributed by atoms with Crippen molar-refractivity contribution in [2.45, 2.75) is 17.4 Å². The monoisotopic (exact) mass is 464 g/mol. The van der Waals surface area contributed by atoms with E-state index < -0.39 is 28.1 Å². The van der Waals surface area contributed by atoms with Crippen molar-refractivity contribution in [3.8, 4) is 11.5 Å². The molecule has 1 unspecified atom stereocenters. The van der Waals surface area contributed by atoms with Crippen molar-refractivity contribution in [2.24, 2.45) is 0 Å². The van der Waals surface area contributed by atoms with E-state index in [1.165, 1.54) is 61.5 Å². The first kappa shape index (κ1) is 21.8. The first-order valence-electron chi connectivity index (χ1n) is 9.48. The topological polar surface area (TPSA) is 67.9 Å². The van der Waals surface area contributed by atoms with E-state index in [2.05, 4.69) is 4.72 Å². The lowest BCUT2D eigenvalue weighted by Crippen LogP contribution is -2.18. The molecule has 1 heterocycles. The van der Waals surface area contributed by atoms with E-state index in [-0.39, 0.29) is 27.6 Å². The Morgan fingerprint density at radius 3 is 2.25 bits per heavy atom. The summed E-state index contributed by atoms with van der Waals surface area (Å²) in [6.07, 6.45) is -5.65. The summed E-state index contributed by atoms with van der Waals surface area (Å²) >= 11 is 0. The van der Waals surface area contributed by atoms with Gasteiger partial charge in [-0.3, -0.25) is 4.72 Å². The van der Waals surface area contributed by atoms with Crippen LogP contribution in [0.25, 0.3) is 0 Å². The van der Waals surface area contributed by atoms with Crippen LogP contribution in [0, 0.1) is 0 Å². The van der Waals surface area contributed by atoms with Gasteiger partial charge >= 0.3 is 6.18 Å². The van der Waals surface area contributed by atoms with Gasteiger partial charge in [-0.05, 0) is 42.5 Å². The second kappa shape index (κ2) is 7.94. The Labute approximate surface area is 183 Å². The number of sulfonamides is 1. The second-order valence-corrected chi connectivity index (χ2v) is 9.00. The maximum absolute atomic E-state index is 13.5. The summed E-state index contributed by atoms with van der Waals surface area (Å²) in [6.45, 7) is 0. The van der Waals surface area contributed by atoms with Crippen LogP contribution in [0.1, 0.15) is 17.4 Å². The number of hydrogen-bond acceptors (Lipinski definition) is 5. The average Bonchev–Trinajstić information content (AvgIpc) is 3.16. The van der Waals surface area contributed by atoms with Gasteiger partial charge in [0.05, 0.1) is 16.1 Å². The molecule has 1 aliphatic rings. The van der Waals surface area contributed by atoms with Crippen LogP contribution in [0.5, 0.6) is 11.5 Å². The van der Waals surface area contributed by atoms with Crippen LogP contribution in [0.3, 0.4) is 0 Å². The van der Waals surface area contributed by atoms with Crippen molar-refractivity contribution in [3.05, 3.63) is 77.9 Å². The van der Waals surface area contributed by atoms with Gasteiger partial charge in [0.2, 0.25) is 0 Å². The van der Waals surface area contributed by atoms with E-state index in [1.54, 1.807) is 18.2 Å². The maximum Gasteiger partial charge on any atom is 0.418 e. The summed E-state index contributed by atoms with van der Waals surface area (Å²) in [7, 11) is -0.750. The van der Waals surface area contributed by atoms with Gasteiger partial charge in [0.25, 0.3) is 16.3 Å². The fourth-order valence-corrected chi connectivity index (χ4v) is 4.35. The lowest BCUT2D eigenvalue weighted by atomic mass is 10.1. The van der Waals surface area contributed by atoms with Gasteiger partial charge in [0.1, 0.15) is 0 Å². The number of rotatable bonds is 5. The van der Waals surface area contributed by atoms with Crippen molar-refractivity contribution in [3.63, 3.8) is 0 Å². The molecule has 0 aliphatic carbocycles. The van der Waals surface area contributed by atoms with Crippen LogP contribution < -0.4 is 19.1 Å². The van der Waals surface area contributed by atoms with E-state index in [1.807, 2.05) is 0 Å². The van der Waals surface area contributed by atoms with Gasteiger partial charge in [-0.25, -0.2) is 8.42 Å². The largest absolute Gasteiger partial charge is 0.447 e. The van der Waals surface area contributed by atoms with Crippen LogP contribution in [-0.4, -0.2) is 22.5 Å². The number of ether oxygens (including phenoxy) is 2. The minimum atomic E-state index is -4.55. The van der Waals surface area contributed by atoms with E-state index in [0.717, 1.165) is 6.07 Å². The molecule has 0 saturated carbocycles. The summed E-state index contributed by atoms with van der Waals surface area (Å²) in [5, 5.41) is 0. The standard InChI is InChI=1S/C22H19F3N2O4S/c1-27(2)18-10-8-14(12-17(18)22(23,24)25)21-30-19-11-9-15(13-20(19)31-21)26-32(28,29)16-6-4-3-5-7-16/h3-13,21,26H,1-2H3. The van der Waals surface area contributed by atoms with Gasteiger partial charge < -0.3 is 14.4 Å². The third kappa shape index (κ3) is 4.31. The number of anilines is 2. The van der Waals surface area contributed by atoms with Crippen molar-refractivity contribution < 1.29 is 31.1 Å². The minimum absolute atomic E-state index is 0.0226. The zero-order valence-corrected chi connectivity index (χ0v) is 17.9. The van der Waals surface area contributed by atoms with Gasteiger partial charge in [-0.15, -0.1) is 0 Å². The molecule has 0 aromatic heterocycles. The SMILES string of the molecule is CN(C)c1ccc(C2Oc3ccc(NS(=O)(=O)c4ccccc4)cc3O2)cc1C(F)(F)F. The molecule has 3 aromatic carbocycles. The highest BCUT2D eigenvalue weighted by atomic mass is 32.2. The number of hydrogen-bond donors (Lipinski definition) is 1. The smallest absolute Gasteiger partial charge is 0.418 e. The molecule has 0 spiro atoms.